The van der Waals surface area contributed by atoms with Crippen LogP contribution in [0.4, 0.5) is 0 Å². The smallest absolute Gasteiger partial charge is 0.128 e. The van der Waals surface area contributed by atoms with E-state index in [9.17, 15) is 0 Å². The highest BCUT2D eigenvalue weighted by atomic mass is 35.5. The molecule has 0 bridgehead atoms. The van der Waals surface area contributed by atoms with Crippen molar-refractivity contribution in [3.8, 4) is 23.0 Å². The van der Waals surface area contributed by atoms with Crippen molar-refractivity contribution in [2.24, 2.45) is 0 Å². The molecule has 0 radical (unpaired) electrons. The van der Waals surface area contributed by atoms with E-state index in [4.69, 9.17) is 60.6 Å². The summed E-state index contributed by atoms with van der Waals surface area (Å²) in [6, 6.07) is 47.7. The molecule has 4 unspecified atom stereocenters. The quantitative estimate of drug-likeness (QED) is 0.0974. The highest BCUT2D eigenvalue weighted by Gasteiger charge is 2.42. The summed E-state index contributed by atoms with van der Waals surface area (Å²) in [5.41, 5.74) is 3.74. The zero-order valence-corrected chi connectivity index (χ0v) is 34.6. The topological polar surface area (TPSA) is 27.7 Å². The molecule has 0 N–H and O–H groups in total. The molecule has 7 heteroatoms. The predicted molar refractivity (Wildman–Crippen MR) is 230 cm³/mol. The lowest BCUT2D eigenvalue weighted by atomic mass is 9.71. The third-order valence-electron chi connectivity index (χ3n) is 10.9. The number of ether oxygens (including phenoxy) is 3. The van der Waals surface area contributed by atoms with Gasteiger partial charge in [-0.2, -0.15) is 0 Å². The van der Waals surface area contributed by atoms with E-state index < -0.39 is 10.8 Å². The van der Waals surface area contributed by atoms with Crippen molar-refractivity contribution in [2.75, 3.05) is 0 Å². The third-order valence-corrected chi connectivity index (χ3v) is 11.9. The lowest BCUT2D eigenvalue weighted by Crippen LogP contribution is -2.48. The standard InChI is InChI=1S/C48H46Cl4O3/c1-5-47(3,35-19-23-37(49)24-20-35)45(29-33-11-7-15-41(27-33)53-43-17-9-13-39(51)31-43)55-46(48(4,6-2)36-21-25-38(50)26-22-36)30-34-12-8-16-42(28-34)54-44-18-10-14-40(52)32-44/h7-28,31-32,45-46H,5-6,29-30H2,1-4H3. The van der Waals surface area contributed by atoms with Crippen molar-refractivity contribution in [2.45, 2.75) is 76.4 Å². The Balaban J connectivity index is 1.41. The van der Waals surface area contributed by atoms with Gasteiger partial charge in [0.2, 0.25) is 0 Å². The summed E-state index contributed by atoms with van der Waals surface area (Å²) in [5.74, 6) is 2.83. The number of benzene rings is 6. The number of hydrogen-bond acceptors (Lipinski definition) is 3. The summed E-state index contributed by atoms with van der Waals surface area (Å²) in [7, 11) is 0. The van der Waals surface area contributed by atoms with Crippen LogP contribution >= 0.6 is 46.4 Å². The Kier molecular flexibility index (Phi) is 13.6. The van der Waals surface area contributed by atoms with Crippen molar-refractivity contribution >= 4 is 46.4 Å². The van der Waals surface area contributed by atoms with Gasteiger partial charge in [-0.05, 0) is 133 Å². The monoisotopic (exact) mass is 810 g/mol. The fourth-order valence-corrected chi connectivity index (χ4v) is 7.79. The maximum atomic E-state index is 7.71. The zero-order chi connectivity index (χ0) is 39.0. The van der Waals surface area contributed by atoms with Gasteiger partial charge in [0.1, 0.15) is 23.0 Å². The average Bonchev–Trinajstić information content (AvgIpc) is 3.17. The number of hydrogen-bond donors (Lipinski definition) is 0. The second-order valence-corrected chi connectivity index (χ2v) is 16.2. The Morgan fingerprint density at radius 3 is 1.13 bits per heavy atom. The zero-order valence-electron chi connectivity index (χ0n) is 31.6. The minimum Gasteiger partial charge on any atom is -0.457 e. The van der Waals surface area contributed by atoms with Gasteiger partial charge in [0.15, 0.2) is 0 Å². The van der Waals surface area contributed by atoms with E-state index in [1.807, 2.05) is 97.1 Å². The molecule has 0 aliphatic rings. The molecule has 3 nitrogen and oxygen atoms in total. The molecular weight excluding hydrogens is 766 g/mol. The van der Waals surface area contributed by atoms with Crippen LogP contribution in [0.5, 0.6) is 23.0 Å². The molecule has 4 atom stereocenters. The molecule has 0 amide bonds. The van der Waals surface area contributed by atoms with Crippen LogP contribution in [0.25, 0.3) is 0 Å². The molecule has 0 aromatic heterocycles. The van der Waals surface area contributed by atoms with Crippen LogP contribution in [-0.2, 0) is 28.4 Å². The van der Waals surface area contributed by atoms with Gasteiger partial charge in [-0.1, -0.05) is 135 Å². The van der Waals surface area contributed by atoms with Gasteiger partial charge in [0.05, 0.1) is 12.2 Å². The van der Waals surface area contributed by atoms with Crippen molar-refractivity contribution in [3.63, 3.8) is 0 Å². The van der Waals surface area contributed by atoms with Crippen LogP contribution in [0.3, 0.4) is 0 Å². The molecule has 0 saturated heterocycles. The Bertz CT molecular complexity index is 2020. The van der Waals surface area contributed by atoms with Crippen LogP contribution in [0.1, 0.15) is 62.8 Å². The van der Waals surface area contributed by atoms with Crippen molar-refractivity contribution in [3.05, 3.63) is 188 Å². The second kappa shape index (κ2) is 18.3. The van der Waals surface area contributed by atoms with E-state index in [0.717, 1.165) is 46.6 Å². The molecule has 55 heavy (non-hydrogen) atoms. The number of rotatable bonds is 16. The van der Waals surface area contributed by atoms with Gasteiger partial charge in [-0.3, -0.25) is 0 Å². The summed E-state index contributed by atoms with van der Waals surface area (Å²) in [6.07, 6.45) is 2.42. The normalized spacial score (nSPS) is 14.7. The lowest BCUT2D eigenvalue weighted by Gasteiger charge is -2.45. The maximum absolute atomic E-state index is 7.71. The average molecular weight is 813 g/mol. The van der Waals surface area contributed by atoms with Crippen molar-refractivity contribution in [1.29, 1.82) is 0 Å². The highest BCUT2D eigenvalue weighted by Crippen LogP contribution is 2.42. The Morgan fingerprint density at radius 2 is 0.782 bits per heavy atom. The van der Waals surface area contributed by atoms with Crippen molar-refractivity contribution in [1.82, 2.24) is 0 Å². The molecule has 0 aliphatic heterocycles. The van der Waals surface area contributed by atoms with E-state index in [1.54, 1.807) is 0 Å². The van der Waals surface area contributed by atoms with Crippen LogP contribution in [0.15, 0.2) is 146 Å². The van der Waals surface area contributed by atoms with Gasteiger partial charge in [0.25, 0.3) is 0 Å². The molecule has 6 rings (SSSR count). The van der Waals surface area contributed by atoms with Gasteiger partial charge in [-0.15, -0.1) is 0 Å². The summed E-state index contributed by atoms with van der Waals surface area (Å²) in [5, 5.41) is 2.64. The van der Waals surface area contributed by atoms with Crippen LogP contribution in [0.2, 0.25) is 20.1 Å². The fourth-order valence-electron chi connectivity index (χ4n) is 7.18. The molecule has 0 spiro atoms. The van der Waals surface area contributed by atoms with Crippen molar-refractivity contribution < 1.29 is 14.2 Å². The van der Waals surface area contributed by atoms with Gasteiger partial charge in [-0.25, -0.2) is 0 Å². The first kappa shape index (κ1) is 40.7. The van der Waals surface area contributed by atoms with Crippen LogP contribution in [0, 0.1) is 0 Å². The van der Waals surface area contributed by atoms with E-state index in [0.29, 0.717) is 44.4 Å². The SMILES string of the molecule is CCC(C)(c1ccc(Cl)cc1)C(Cc1cccc(Oc2cccc(Cl)c2)c1)OC(Cc1cccc(Oc2cccc(Cl)c2)c1)C(C)(CC)c1ccc(Cl)cc1. The Hall–Kier alpha value is -3.96. The van der Waals surface area contributed by atoms with Gasteiger partial charge >= 0.3 is 0 Å². The molecule has 6 aromatic rings. The lowest BCUT2D eigenvalue weighted by molar-refractivity contribution is -0.0840. The molecule has 6 aromatic carbocycles. The molecule has 0 fully saturated rings. The molecular formula is C48H46Cl4O3. The second-order valence-electron chi connectivity index (χ2n) is 14.5. The first-order chi connectivity index (χ1) is 26.5. The van der Waals surface area contributed by atoms with Crippen LogP contribution in [-0.4, -0.2) is 12.2 Å². The minimum atomic E-state index is -0.390. The van der Waals surface area contributed by atoms with E-state index in [-0.39, 0.29) is 12.2 Å². The van der Waals surface area contributed by atoms with E-state index in [1.165, 1.54) is 0 Å². The molecule has 0 aliphatic carbocycles. The number of halogens is 4. The predicted octanol–water partition coefficient (Wildman–Crippen LogP) is 15.2. The minimum absolute atomic E-state index is 0.255. The van der Waals surface area contributed by atoms with Crippen LogP contribution < -0.4 is 9.47 Å². The van der Waals surface area contributed by atoms with E-state index >= 15 is 0 Å². The Labute approximate surface area is 346 Å². The highest BCUT2D eigenvalue weighted by molar-refractivity contribution is 6.31. The summed E-state index contributed by atoms with van der Waals surface area (Å²) >= 11 is 25.4. The van der Waals surface area contributed by atoms with Gasteiger partial charge in [0, 0.05) is 30.9 Å². The molecule has 0 heterocycles. The maximum Gasteiger partial charge on any atom is 0.128 e. The first-order valence-electron chi connectivity index (χ1n) is 18.7. The van der Waals surface area contributed by atoms with Gasteiger partial charge < -0.3 is 14.2 Å². The molecule has 284 valence electrons. The third kappa shape index (κ3) is 10.3. The fraction of sp³-hybridized carbons (Fsp3) is 0.250. The summed E-state index contributed by atoms with van der Waals surface area (Å²) in [4.78, 5) is 0. The molecule has 0 saturated carbocycles. The summed E-state index contributed by atoms with van der Waals surface area (Å²) in [6.45, 7) is 9.06. The Morgan fingerprint density at radius 1 is 0.436 bits per heavy atom. The largest absolute Gasteiger partial charge is 0.457 e. The first-order valence-corrected chi connectivity index (χ1v) is 20.2. The summed E-state index contributed by atoms with van der Waals surface area (Å²) < 4.78 is 20.3. The van der Waals surface area contributed by atoms with E-state index in [2.05, 4.69) is 76.2 Å².